The van der Waals surface area contributed by atoms with Crippen LogP contribution in [-0.2, 0) is 4.74 Å². The molecule has 1 atom stereocenters. The van der Waals surface area contributed by atoms with Gasteiger partial charge in [-0.25, -0.2) is 4.79 Å². The highest BCUT2D eigenvalue weighted by atomic mass is 16.6. The van der Waals surface area contributed by atoms with E-state index in [9.17, 15) is 4.79 Å². The van der Waals surface area contributed by atoms with Crippen molar-refractivity contribution in [2.45, 2.75) is 45.6 Å². The van der Waals surface area contributed by atoms with E-state index in [2.05, 4.69) is 17.1 Å². The third-order valence-corrected chi connectivity index (χ3v) is 3.83. The van der Waals surface area contributed by atoms with Gasteiger partial charge in [-0.15, -0.1) is 0 Å². The Morgan fingerprint density at radius 1 is 1.30 bits per heavy atom. The van der Waals surface area contributed by atoms with E-state index in [1.54, 1.807) is 0 Å². The summed E-state index contributed by atoms with van der Waals surface area (Å²) >= 11 is 0. The summed E-state index contributed by atoms with van der Waals surface area (Å²) in [4.78, 5) is 14.4. The second-order valence-corrected chi connectivity index (χ2v) is 6.08. The molecular formula is C18H28N2O3. The molecule has 1 aliphatic rings. The highest BCUT2D eigenvalue weighted by Gasteiger charge is 2.16. The largest absolute Gasteiger partial charge is 0.494 e. The monoisotopic (exact) mass is 320 g/mol. The van der Waals surface area contributed by atoms with E-state index in [4.69, 9.17) is 9.47 Å². The summed E-state index contributed by atoms with van der Waals surface area (Å²) in [6.07, 6.45) is 4.21. The molecule has 5 heteroatoms. The maximum absolute atomic E-state index is 12.0. The van der Waals surface area contributed by atoms with Gasteiger partial charge in [-0.1, -0.05) is 19.4 Å². The molecule has 5 nitrogen and oxygen atoms in total. The molecule has 1 saturated heterocycles. The van der Waals surface area contributed by atoms with Crippen LogP contribution in [-0.4, -0.2) is 43.3 Å². The van der Waals surface area contributed by atoms with Gasteiger partial charge in [0.05, 0.1) is 6.61 Å². The van der Waals surface area contributed by atoms with Crippen LogP contribution < -0.4 is 10.1 Å². The van der Waals surface area contributed by atoms with Crippen molar-refractivity contribution in [1.82, 2.24) is 4.90 Å². The fourth-order valence-corrected chi connectivity index (χ4v) is 2.76. The molecule has 1 aromatic rings. The molecule has 1 N–H and O–H groups in total. The summed E-state index contributed by atoms with van der Waals surface area (Å²) in [5.74, 6) is 0.756. The number of ether oxygens (including phenoxy) is 2. The Morgan fingerprint density at radius 3 is 2.83 bits per heavy atom. The van der Waals surface area contributed by atoms with E-state index in [0.717, 1.165) is 31.8 Å². The van der Waals surface area contributed by atoms with Crippen molar-refractivity contribution >= 4 is 11.8 Å². The lowest BCUT2D eigenvalue weighted by molar-refractivity contribution is 0.0833. The van der Waals surface area contributed by atoms with Gasteiger partial charge in [0.25, 0.3) is 0 Å². The van der Waals surface area contributed by atoms with Crippen LogP contribution in [0.5, 0.6) is 5.75 Å². The number of hydrogen-bond donors (Lipinski definition) is 1. The highest BCUT2D eigenvalue weighted by Crippen LogP contribution is 2.18. The lowest BCUT2D eigenvalue weighted by Crippen LogP contribution is -2.37. The second kappa shape index (κ2) is 9.40. The Bertz CT molecular complexity index is 487. The van der Waals surface area contributed by atoms with Crippen molar-refractivity contribution in [3.8, 4) is 5.75 Å². The van der Waals surface area contributed by atoms with Crippen LogP contribution in [0.1, 0.15) is 39.5 Å². The standard InChI is InChI=1S/C18H28N2O3/c1-3-12-22-17-9-7-8-16(13-17)19-18(21)23-15(2)14-20-10-5-4-6-11-20/h7-9,13,15H,3-6,10-12,14H2,1-2H3,(H,19,21)/t15-/m0/s1. The fourth-order valence-electron chi connectivity index (χ4n) is 2.76. The summed E-state index contributed by atoms with van der Waals surface area (Å²) < 4.78 is 11.0. The van der Waals surface area contributed by atoms with Crippen LogP contribution >= 0.6 is 0 Å². The molecule has 2 rings (SSSR count). The Labute approximate surface area is 139 Å². The molecule has 0 spiro atoms. The van der Waals surface area contributed by atoms with Gasteiger partial charge in [-0.2, -0.15) is 0 Å². The van der Waals surface area contributed by atoms with Crippen molar-refractivity contribution in [2.75, 3.05) is 31.6 Å². The third-order valence-electron chi connectivity index (χ3n) is 3.83. The van der Waals surface area contributed by atoms with Gasteiger partial charge in [0.2, 0.25) is 0 Å². The van der Waals surface area contributed by atoms with Crippen molar-refractivity contribution in [2.24, 2.45) is 0 Å². The number of benzene rings is 1. The maximum Gasteiger partial charge on any atom is 0.411 e. The van der Waals surface area contributed by atoms with Crippen molar-refractivity contribution in [3.05, 3.63) is 24.3 Å². The predicted molar refractivity (Wildman–Crippen MR) is 92.1 cm³/mol. The Morgan fingerprint density at radius 2 is 2.09 bits per heavy atom. The summed E-state index contributed by atoms with van der Waals surface area (Å²) in [6, 6.07) is 7.38. The van der Waals surface area contributed by atoms with E-state index in [1.807, 2.05) is 31.2 Å². The zero-order chi connectivity index (χ0) is 16.5. The molecule has 1 fully saturated rings. The molecule has 23 heavy (non-hydrogen) atoms. The Kier molecular flexibility index (Phi) is 7.20. The van der Waals surface area contributed by atoms with Crippen molar-refractivity contribution in [3.63, 3.8) is 0 Å². The molecule has 1 amide bonds. The molecule has 0 aromatic heterocycles. The van der Waals surface area contributed by atoms with Crippen LogP contribution in [0.15, 0.2) is 24.3 Å². The Hall–Kier alpha value is -1.75. The number of rotatable bonds is 7. The first kappa shape index (κ1) is 17.6. The van der Waals surface area contributed by atoms with Gasteiger partial charge < -0.3 is 9.47 Å². The van der Waals surface area contributed by atoms with Gasteiger partial charge in [0.1, 0.15) is 11.9 Å². The number of anilines is 1. The number of piperidine rings is 1. The molecule has 1 heterocycles. The molecular weight excluding hydrogens is 292 g/mol. The minimum Gasteiger partial charge on any atom is -0.494 e. The van der Waals surface area contributed by atoms with Crippen LogP contribution in [0.4, 0.5) is 10.5 Å². The zero-order valence-electron chi connectivity index (χ0n) is 14.2. The van der Waals surface area contributed by atoms with Crippen molar-refractivity contribution in [1.29, 1.82) is 0 Å². The number of carbonyl (C=O) groups is 1. The number of hydrogen-bond acceptors (Lipinski definition) is 4. The summed E-state index contributed by atoms with van der Waals surface area (Å²) in [6.45, 7) is 7.67. The quantitative estimate of drug-likeness (QED) is 0.828. The minimum absolute atomic E-state index is 0.118. The van der Waals surface area contributed by atoms with E-state index >= 15 is 0 Å². The minimum atomic E-state index is -0.415. The number of amides is 1. The molecule has 0 unspecified atom stereocenters. The first-order valence-electron chi connectivity index (χ1n) is 8.60. The predicted octanol–water partition coefficient (Wildman–Crippen LogP) is 3.90. The summed E-state index contributed by atoms with van der Waals surface area (Å²) in [5.41, 5.74) is 0.689. The van der Waals surface area contributed by atoms with Gasteiger partial charge in [-0.05, 0) is 51.4 Å². The SMILES string of the molecule is CCCOc1cccc(NC(=O)O[C@@H](C)CN2CCCCC2)c1. The topological polar surface area (TPSA) is 50.8 Å². The lowest BCUT2D eigenvalue weighted by atomic mass is 10.1. The summed E-state index contributed by atoms with van der Waals surface area (Å²) in [5, 5.41) is 2.77. The fraction of sp³-hybridized carbons (Fsp3) is 0.611. The van der Waals surface area contributed by atoms with Gasteiger partial charge >= 0.3 is 6.09 Å². The normalized spacial score (nSPS) is 16.6. The van der Waals surface area contributed by atoms with E-state index in [0.29, 0.717) is 12.3 Å². The first-order chi connectivity index (χ1) is 11.2. The molecule has 0 aliphatic carbocycles. The van der Waals surface area contributed by atoms with Crippen molar-refractivity contribution < 1.29 is 14.3 Å². The lowest BCUT2D eigenvalue weighted by Gasteiger charge is -2.28. The van der Waals surface area contributed by atoms with E-state index in [-0.39, 0.29) is 6.10 Å². The van der Waals surface area contributed by atoms with Crippen LogP contribution in [0.2, 0.25) is 0 Å². The van der Waals surface area contributed by atoms with E-state index < -0.39 is 6.09 Å². The maximum atomic E-state index is 12.0. The highest BCUT2D eigenvalue weighted by molar-refractivity contribution is 5.84. The average Bonchev–Trinajstić information content (AvgIpc) is 2.54. The van der Waals surface area contributed by atoms with Gasteiger partial charge in [0, 0.05) is 18.3 Å². The van der Waals surface area contributed by atoms with Gasteiger partial charge in [0.15, 0.2) is 0 Å². The molecule has 128 valence electrons. The average molecular weight is 320 g/mol. The Balaban J connectivity index is 1.77. The molecule has 1 aliphatic heterocycles. The molecule has 0 radical (unpaired) electrons. The third kappa shape index (κ3) is 6.48. The van der Waals surface area contributed by atoms with Crippen LogP contribution in [0, 0.1) is 0 Å². The number of nitrogens with zero attached hydrogens (tertiary/aromatic N) is 1. The molecule has 0 bridgehead atoms. The zero-order valence-corrected chi connectivity index (χ0v) is 14.2. The number of carbonyl (C=O) groups excluding carboxylic acids is 1. The van der Waals surface area contributed by atoms with Gasteiger partial charge in [-0.3, -0.25) is 10.2 Å². The van der Waals surface area contributed by atoms with E-state index in [1.165, 1.54) is 19.3 Å². The number of nitrogens with one attached hydrogen (secondary N) is 1. The molecule has 0 saturated carbocycles. The van der Waals surface area contributed by atoms with Crippen LogP contribution in [0.25, 0.3) is 0 Å². The smallest absolute Gasteiger partial charge is 0.411 e. The number of likely N-dealkylation sites (tertiary alicyclic amines) is 1. The first-order valence-corrected chi connectivity index (χ1v) is 8.60. The molecule has 1 aromatic carbocycles. The second-order valence-electron chi connectivity index (χ2n) is 6.08. The van der Waals surface area contributed by atoms with Crippen LogP contribution in [0.3, 0.4) is 0 Å². The summed E-state index contributed by atoms with van der Waals surface area (Å²) in [7, 11) is 0.